The molecule has 0 aliphatic carbocycles. The van der Waals surface area contributed by atoms with Gasteiger partial charge >= 0.3 is 0 Å². The number of anilines is 1. The van der Waals surface area contributed by atoms with E-state index >= 15 is 0 Å². The summed E-state index contributed by atoms with van der Waals surface area (Å²) in [5.74, 6) is -4.69. The van der Waals surface area contributed by atoms with E-state index in [0.717, 1.165) is 6.07 Å². The van der Waals surface area contributed by atoms with Gasteiger partial charge in [0.25, 0.3) is 10.0 Å². The Balaban J connectivity index is 2.38. The molecule has 0 saturated heterocycles. The molecule has 21 heavy (non-hydrogen) atoms. The number of hydrogen-bond acceptors (Lipinski definition) is 4. The highest BCUT2D eigenvalue weighted by Crippen LogP contribution is 2.26. The summed E-state index contributed by atoms with van der Waals surface area (Å²) in [6, 6.07) is 2.84. The molecule has 0 saturated carbocycles. The molecule has 0 unspecified atom stereocenters. The van der Waals surface area contributed by atoms with E-state index < -0.39 is 33.2 Å². The average Bonchev–Trinajstić information content (AvgIpc) is 2.89. The highest BCUT2D eigenvalue weighted by atomic mass is 32.2. The molecule has 0 atom stereocenters. The van der Waals surface area contributed by atoms with Crippen molar-refractivity contribution in [2.24, 2.45) is 0 Å². The van der Waals surface area contributed by atoms with E-state index in [1.54, 1.807) is 12.4 Å². The lowest BCUT2D eigenvalue weighted by Gasteiger charge is -2.10. The van der Waals surface area contributed by atoms with Gasteiger partial charge in [0.05, 0.1) is 5.69 Å². The van der Waals surface area contributed by atoms with Crippen molar-refractivity contribution in [2.45, 2.75) is 11.4 Å². The number of halogens is 3. The summed E-state index contributed by atoms with van der Waals surface area (Å²) < 4.78 is 65.8. The third-order valence-corrected chi connectivity index (χ3v) is 5.11. The first-order valence-corrected chi connectivity index (χ1v) is 8.10. The molecule has 0 amide bonds. The summed E-state index contributed by atoms with van der Waals surface area (Å²) in [5, 5.41) is 4.38. The topological polar surface area (TPSA) is 58.2 Å². The number of rotatable bonds is 5. The zero-order chi connectivity index (χ0) is 15.6. The summed E-state index contributed by atoms with van der Waals surface area (Å²) in [5.41, 5.74) is -0.643. The van der Waals surface area contributed by atoms with Gasteiger partial charge in [0, 0.05) is 11.4 Å². The lowest BCUT2D eigenvalue weighted by Crippen LogP contribution is -2.17. The molecule has 1 aromatic heterocycles. The van der Waals surface area contributed by atoms with Crippen LogP contribution in [0.4, 0.5) is 18.9 Å². The Morgan fingerprint density at radius 3 is 2.52 bits per heavy atom. The first kappa shape index (κ1) is 15.8. The van der Waals surface area contributed by atoms with Crippen LogP contribution >= 0.6 is 11.3 Å². The van der Waals surface area contributed by atoms with Gasteiger partial charge in [-0.15, -0.1) is 11.3 Å². The Bertz CT molecular complexity index is 760. The van der Waals surface area contributed by atoms with Crippen molar-refractivity contribution in [2.75, 3.05) is 11.8 Å². The molecule has 0 spiro atoms. The van der Waals surface area contributed by atoms with Gasteiger partial charge in [-0.1, -0.05) is 0 Å². The van der Waals surface area contributed by atoms with Crippen LogP contribution in [0.15, 0.2) is 28.5 Å². The maximum absolute atomic E-state index is 13.5. The maximum atomic E-state index is 13.5. The Morgan fingerprint density at radius 2 is 1.86 bits per heavy atom. The van der Waals surface area contributed by atoms with Crippen molar-refractivity contribution in [1.29, 1.82) is 0 Å². The first-order chi connectivity index (χ1) is 9.86. The molecule has 0 radical (unpaired) electrons. The Kier molecular flexibility index (Phi) is 4.55. The fourth-order valence-corrected chi connectivity index (χ4v) is 4.18. The van der Waals surface area contributed by atoms with Gasteiger partial charge in [-0.2, -0.15) is 0 Å². The second-order valence-corrected chi connectivity index (χ2v) is 6.72. The molecule has 4 nitrogen and oxygen atoms in total. The largest absolute Gasteiger partial charge is 0.315 e. The highest BCUT2D eigenvalue weighted by Gasteiger charge is 2.23. The van der Waals surface area contributed by atoms with Crippen molar-refractivity contribution in [1.82, 2.24) is 5.32 Å². The number of sulfonamides is 1. The van der Waals surface area contributed by atoms with Crippen LogP contribution in [-0.2, 0) is 16.6 Å². The van der Waals surface area contributed by atoms with Crippen LogP contribution in [0.2, 0.25) is 0 Å². The molecule has 2 aromatic rings. The van der Waals surface area contributed by atoms with Crippen LogP contribution in [-0.4, -0.2) is 15.5 Å². The molecule has 2 rings (SSSR count). The second-order valence-electron chi connectivity index (χ2n) is 4.07. The van der Waals surface area contributed by atoms with Crippen molar-refractivity contribution < 1.29 is 21.6 Å². The minimum absolute atomic E-state index is 0.0361. The number of thiophene rings is 1. The SMILES string of the molecule is CNCc1sccc1S(=O)(=O)Nc1ccc(F)c(F)c1F. The standard InChI is InChI=1S/C12H11F3N2O2S2/c1-16-6-9-10(4-5-20-9)21(18,19)17-8-3-2-7(13)11(14)12(8)15/h2-5,16-17H,6H2,1H3. The van der Waals surface area contributed by atoms with E-state index in [9.17, 15) is 21.6 Å². The van der Waals surface area contributed by atoms with Crippen molar-refractivity contribution in [3.05, 3.63) is 45.9 Å². The number of hydrogen-bond donors (Lipinski definition) is 2. The lowest BCUT2D eigenvalue weighted by molar-refractivity contribution is 0.449. The predicted octanol–water partition coefficient (Wildman–Crippen LogP) is 2.69. The zero-order valence-electron chi connectivity index (χ0n) is 10.8. The minimum atomic E-state index is -4.08. The van der Waals surface area contributed by atoms with E-state index in [4.69, 9.17) is 0 Å². The Hall–Kier alpha value is -1.58. The predicted molar refractivity (Wildman–Crippen MR) is 74.2 cm³/mol. The minimum Gasteiger partial charge on any atom is -0.315 e. The fraction of sp³-hybridized carbons (Fsp3) is 0.167. The van der Waals surface area contributed by atoms with Crippen LogP contribution in [0.1, 0.15) is 4.88 Å². The summed E-state index contributed by atoms with van der Waals surface area (Å²) >= 11 is 1.21. The van der Waals surface area contributed by atoms with E-state index in [2.05, 4.69) is 5.32 Å². The molecule has 1 heterocycles. The smallest absolute Gasteiger partial charge is 0.263 e. The molecule has 2 N–H and O–H groups in total. The van der Waals surface area contributed by atoms with Crippen molar-refractivity contribution >= 4 is 27.0 Å². The maximum Gasteiger partial charge on any atom is 0.263 e. The quantitative estimate of drug-likeness (QED) is 0.826. The molecular weight excluding hydrogens is 325 g/mol. The van der Waals surface area contributed by atoms with E-state index in [1.807, 2.05) is 4.72 Å². The Labute approximate surface area is 123 Å². The monoisotopic (exact) mass is 336 g/mol. The van der Waals surface area contributed by atoms with Crippen LogP contribution in [0, 0.1) is 17.5 Å². The van der Waals surface area contributed by atoms with Crippen molar-refractivity contribution in [3.8, 4) is 0 Å². The summed E-state index contributed by atoms with van der Waals surface area (Å²) in [6.07, 6.45) is 0. The molecule has 0 aliphatic rings. The number of nitrogens with one attached hydrogen (secondary N) is 2. The molecule has 1 aromatic carbocycles. The molecule has 9 heteroatoms. The molecule has 114 valence electrons. The third-order valence-electron chi connectivity index (χ3n) is 2.61. The van der Waals surface area contributed by atoms with Crippen LogP contribution in [0.25, 0.3) is 0 Å². The fourth-order valence-electron chi connectivity index (χ4n) is 1.66. The summed E-state index contributed by atoms with van der Waals surface area (Å²) in [7, 11) is -2.43. The van der Waals surface area contributed by atoms with Gasteiger partial charge in [-0.25, -0.2) is 21.6 Å². The van der Waals surface area contributed by atoms with E-state index in [-0.39, 0.29) is 4.90 Å². The van der Waals surface area contributed by atoms with Gasteiger partial charge in [0.2, 0.25) is 0 Å². The first-order valence-electron chi connectivity index (χ1n) is 5.74. The van der Waals surface area contributed by atoms with Crippen molar-refractivity contribution in [3.63, 3.8) is 0 Å². The van der Waals surface area contributed by atoms with Gasteiger partial charge in [0.1, 0.15) is 4.90 Å². The Morgan fingerprint density at radius 1 is 1.14 bits per heavy atom. The molecule has 0 fully saturated rings. The average molecular weight is 336 g/mol. The van der Waals surface area contributed by atoms with E-state index in [1.165, 1.54) is 17.4 Å². The molecule has 0 aliphatic heterocycles. The van der Waals surface area contributed by atoms with Crippen LogP contribution in [0.3, 0.4) is 0 Å². The second kappa shape index (κ2) is 6.04. The highest BCUT2D eigenvalue weighted by molar-refractivity contribution is 7.93. The van der Waals surface area contributed by atoms with Crippen LogP contribution < -0.4 is 10.0 Å². The normalized spacial score (nSPS) is 11.6. The van der Waals surface area contributed by atoms with Gasteiger partial charge in [0.15, 0.2) is 17.5 Å². The van der Waals surface area contributed by atoms with Crippen LogP contribution in [0.5, 0.6) is 0 Å². The summed E-state index contributed by atoms with van der Waals surface area (Å²) in [4.78, 5) is 0.485. The lowest BCUT2D eigenvalue weighted by atomic mass is 10.3. The van der Waals surface area contributed by atoms with Gasteiger partial charge < -0.3 is 5.32 Å². The summed E-state index contributed by atoms with van der Waals surface area (Å²) in [6.45, 7) is 0.314. The molecular formula is C12H11F3N2O2S2. The van der Waals surface area contributed by atoms with Gasteiger partial charge in [-0.05, 0) is 30.6 Å². The van der Waals surface area contributed by atoms with Gasteiger partial charge in [-0.3, -0.25) is 4.72 Å². The molecule has 0 bridgehead atoms. The third kappa shape index (κ3) is 3.20. The van der Waals surface area contributed by atoms with E-state index in [0.29, 0.717) is 17.5 Å². The number of benzene rings is 1. The zero-order valence-corrected chi connectivity index (χ0v) is 12.4.